The molecule has 2 rings (SSSR count). The first-order valence-electron chi connectivity index (χ1n) is 7.24. The number of aromatic nitrogens is 1. The molecular weight excluding hydrogens is 238 g/mol. The molecule has 1 fully saturated rings. The molecule has 1 aliphatic rings. The van der Waals surface area contributed by atoms with E-state index in [1.54, 1.807) is 0 Å². The van der Waals surface area contributed by atoms with Gasteiger partial charge in [-0.05, 0) is 32.9 Å². The quantitative estimate of drug-likeness (QED) is 0.879. The lowest BCUT2D eigenvalue weighted by Gasteiger charge is -2.27. The smallest absolute Gasteiger partial charge is 0.0594 e. The minimum Gasteiger partial charge on any atom is -0.379 e. The molecule has 108 valence electrons. The van der Waals surface area contributed by atoms with Crippen LogP contribution in [0.4, 0.5) is 0 Å². The average molecular weight is 265 g/mol. The summed E-state index contributed by atoms with van der Waals surface area (Å²) in [6.45, 7) is 13.6. The maximum absolute atomic E-state index is 5.38. The van der Waals surface area contributed by atoms with E-state index in [2.05, 4.69) is 53.9 Å². The van der Waals surface area contributed by atoms with Crippen molar-refractivity contribution in [1.82, 2.24) is 14.8 Å². The van der Waals surface area contributed by atoms with Crippen LogP contribution in [-0.2, 0) is 17.8 Å². The van der Waals surface area contributed by atoms with Gasteiger partial charge >= 0.3 is 0 Å². The fraction of sp³-hybridized carbons (Fsp3) is 0.733. The number of rotatable bonds is 5. The van der Waals surface area contributed by atoms with Gasteiger partial charge in [-0.25, -0.2) is 0 Å². The van der Waals surface area contributed by atoms with Crippen molar-refractivity contribution in [3.05, 3.63) is 24.0 Å². The normalized spacial score (nSPS) is 17.8. The zero-order valence-electron chi connectivity index (χ0n) is 12.5. The van der Waals surface area contributed by atoms with Gasteiger partial charge in [-0.3, -0.25) is 4.90 Å². The van der Waals surface area contributed by atoms with E-state index >= 15 is 0 Å². The van der Waals surface area contributed by atoms with Crippen molar-refractivity contribution in [2.75, 3.05) is 32.8 Å². The molecule has 0 atom stereocenters. The number of hydrogen-bond acceptors (Lipinski definition) is 3. The molecule has 2 heterocycles. The van der Waals surface area contributed by atoms with E-state index in [1.807, 2.05) is 0 Å². The number of hydrogen-bond donors (Lipinski definition) is 1. The van der Waals surface area contributed by atoms with Crippen LogP contribution in [0.15, 0.2) is 18.3 Å². The molecule has 0 aromatic carbocycles. The Bertz CT molecular complexity index is 375. The van der Waals surface area contributed by atoms with Crippen molar-refractivity contribution in [2.45, 2.75) is 39.4 Å². The van der Waals surface area contributed by atoms with E-state index in [9.17, 15) is 0 Å². The van der Waals surface area contributed by atoms with Gasteiger partial charge < -0.3 is 14.6 Å². The monoisotopic (exact) mass is 265 g/mol. The molecule has 19 heavy (non-hydrogen) atoms. The molecule has 0 saturated carbocycles. The molecule has 1 N–H and O–H groups in total. The summed E-state index contributed by atoms with van der Waals surface area (Å²) in [4.78, 5) is 2.48. The minimum absolute atomic E-state index is 0.166. The van der Waals surface area contributed by atoms with Gasteiger partial charge in [0, 0.05) is 50.2 Å². The van der Waals surface area contributed by atoms with E-state index < -0.39 is 0 Å². The zero-order valence-corrected chi connectivity index (χ0v) is 12.5. The molecule has 4 heteroatoms. The van der Waals surface area contributed by atoms with Crippen LogP contribution in [0.2, 0.25) is 0 Å². The highest BCUT2D eigenvalue weighted by Gasteiger charge is 2.12. The van der Waals surface area contributed by atoms with Gasteiger partial charge in [0.05, 0.1) is 13.2 Å². The van der Waals surface area contributed by atoms with Gasteiger partial charge in [0.1, 0.15) is 0 Å². The van der Waals surface area contributed by atoms with E-state index in [0.29, 0.717) is 0 Å². The fourth-order valence-electron chi connectivity index (χ4n) is 2.26. The molecule has 4 nitrogen and oxygen atoms in total. The van der Waals surface area contributed by atoms with Crippen LogP contribution in [0, 0.1) is 0 Å². The summed E-state index contributed by atoms with van der Waals surface area (Å²) >= 11 is 0. The standard InChI is InChI=1S/C15H27N3O/c1-15(2,3)16-13-14-5-4-6-18(14)8-7-17-9-11-19-12-10-17/h4-6,16H,7-13H2,1-3H3. The summed E-state index contributed by atoms with van der Waals surface area (Å²) in [6.07, 6.45) is 2.18. The summed E-state index contributed by atoms with van der Waals surface area (Å²) in [5, 5.41) is 3.55. The van der Waals surface area contributed by atoms with E-state index in [1.165, 1.54) is 5.69 Å². The third kappa shape index (κ3) is 4.97. The lowest BCUT2D eigenvalue weighted by molar-refractivity contribution is 0.0363. The molecule has 1 saturated heterocycles. The maximum Gasteiger partial charge on any atom is 0.0594 e. The first kappa shape index (κ1) is 14.6. The van der Waals surface area contributed by atoms with Crippen LogP contribution in [0.25, 0.3) is 0 Å². The number of nitrogens with one attached hydrogen (secondary N) is 1. The van der Waals surface area contributed by atoms with Crippen molar-refractivity contribution in [2.24, 2.45) is 0 Å². The van der Waals surface area contributed by atoms with Crippen LogP contribution in [-0.4, -0.2) is 47.9 Å². The molecule has 1 aromatic heterocycles. The summed E-state index contributed by atoms with van der Waals surface area (Å²) < 4.78 is 7.73. The van der Waals surface area contributed by atoms with Gasteiger partial charge in [0.25, 0.3) is 0 Å². The maximum atomic E-state index is 5.38. The van der Waals surface area contributed by atoms with Gasteiger partial charge in [0.2, 0.25) is 0 Å². The van der Waals surface area contributed by atoms with Crippen molar-refractivity contribution in [3.63, 3.8) is 0 Å². The molecule has 0 bridgehead atoms. The molecule has 0 unspecified atom stereocenters. The molecule has 0 amide bonds. The predicted molar refractivity (Wildman–Crippen MR) is 78.3 cm³/mol. The average Bonchev–Trinajstić information content (AvgIpc) is 2.82. The van der Waals surface area contributed by atoms with Crippen molar-refractivity contribution in [3.8, 4) is 0 Å². The lowest BCUT2D eigenvalue weighted by atomic mass is 10.1. The third-order valence-corrected chi connectivity index (χ3v) is 3.48. The Labute approximate surface area is 116 Å². The number of nitrogens with zero attached hydrogens (tertiary/aromatic N) is 2. The summed E-state index contributed by atoms with van der Waals surface area (Å²) in [6, 6.07) is 4.34. The Balaban J connectivity index is 1.81. The Morgan fingerprint density at radius 3 is 2.63 bits per heavy atom. The Kier molecular flexibility index (Phi) is 5.02. The zero-order chi connectivity index (χ0) is 13.7. The largest absolute Gasteiger partial charge is 0.379 e. The van der Waals surface area contributed by atoms with Crippen molar-refractivity contribution in [1.29, 1.82) is 0 Å². The van der Waals surface area contributed by atoms with Gasteiger partial charge in [-0.2, -0.15) is 0 Å². The highest BCUT2D eigenvalue weighted by atomic mass is 16.5. The van der Waals surface area contributed by atoms with E-state index in [4.69, 9.17) is 4.74 Å². The molecular formula is C15H27N3O. The lowest BCUT2D eigenvalue weighted by Crippen LogP contribution is -2.38. The van der Waals surface area contributed by atoms with Crippen molar-refractivity contribution < 1.29 is 4.74 Å². The second kappa shape index (κ2) is 6.55. The highest BCUT2D eigenvalue weighted by Crippen LogP contribution is 2.07. The third-order valence-electron chi connectivity index (χ3n) is 3.48. The Hall–Kier alpha value is -0.840. The van der Waals surface area contributed by atoms with Crippen LogP contribution >= 0.6 is 0 Å². The van der Waals surface area contributed by atoms with Crippen LogP contribution in [0.5, 0.6) is 0 Å². The van der Waals surface area contributed by atoms with Gasteiger partial charge in [-0.1, -0.05) is 0 Å². The summed E-state index contributed by atoms with van der Waals surface area (Å²) in [5.74, 6) is 0. The van der Waals surface area contributed by atoms with Gasteiger partial charge in [0.15, 0.2) is 0 Å². The fourth-order valence-corrected chi connectivity index (χ4v) is 2.26. The topological polar surface area (TPSA) is 29.4 Å². The van der Waals surface area contributed by atoms with Crippen LogP contribution in [0.1, 0.15) is 26.5 Å². The first-order valence-corrected chi connectivity index (χ1v) is 7.24. The number of morpholine rings is 1. The first-order chi connectivity index (χ1) is 9.04. The predicted octanol–water partition coefficient (Wildman–Crippen LogP) is 1.71. The second-order valence-electron chi connectivity index (χ2n) is 6.25. The molecule has 1 aromatic rings. The molecule has 1 aliphatic heterocycles. The Morgan fingerprint density at radius 1 is 1.21 bits per heavy atom. The highest BCUT2D eigenvalue weighted by molar-refractivity contribution is 5.07. The minimum atomic E-state index is 0.166. The van der Waals surface area contributed by atoms with Crippen LogP contribution in [0.3, 0.4) is 0 Å². The molecule has 0 spiro atoms. The van der Waals surface area contributed by atoms with Crippen LogP contribution < -0.4 is 5.32 Å². The Morgan fingerprint density at radius 2 is 1.95 bits per heavy atom. The van der Waals surface area contributed by atoms with E-state index in [-0.39, 0.29) is 5.54 Å². The van der Waals surface area contributed by atoms with Gasteiger partial charge in [-0.15, -0.1) is 0 Å². The van der Waals surface area contributed by atoms with E-state index in [0.717, 1.165) is 45.9 Å². The van der Waals surface area contributed by atoms with Crippen molar-refractivity contribution >= 4 is 0 Å². The summed E-state index contributed by atoms with van der Waals surface area (Å²) in [5.41, 5.74) is 1.53. The SMILES string of the molecule is CC(C)(C)NCc1cccn1CCN1CCOCC1. The second-order valence-corrected chi connectivity index (χ2v) is 6.25. The summed E-state index contributed by atoms with van der Waals surface area (Å²) in [7, 11) is 0. The molecule has 0 radical (unpaired) electrons. The molecule has 0 aliphatic carbocycles. The number of ether oxygens (including phenoxy) is 1.